The van der Waals surface area contributed by atoms with E-state index in [1.54, 1.807) is 5.57 Å². The Morgan fingerprint density at radius 1 is 1.37 bits per heavy atom. The van der Waals surface area contributed by atoms with Crippen LogP contribution in [0.5, 0.6) is 0 Å². The lowest BCUT2D eigenvalue weighted by Crippen LogP contribution is -3.00. The van der Waals surface area contributed by atoms with Gasteiger partial charge in [-0.1, -0.05) is 25.5 Å². The van der Waals surface area contributed by atoms with Crippen LogP contribution in [0.2, 0.25) is 0 Å². The predicted molar refractivity (Wildman–Crippen MR) is 80.1 cm³/mol. The van der Waals surface area contributed by atoms with Crippen LogP contribution in [0.4, 0.5) is 0 Å². The Hall–Kier alpha value is -0.520. The Labute approximate surface area is 130 Å². The van der Waals surface area contributed by atoms with Crippen molar-refractivity contribution in [1.82, 2.24) is 0 Å². The lowest BCUT2D eigenvalue weighted by molar-refractivity contribution is -0.877. The highest BCUT2D eigenvalue weighted by atomic mass is 79.9. The molecule has 0 radical (unpaired) electrons. The van der Waals surface area contributed by atoms with Gasteiger partial charge in [0.25, 0.3) is 0 Å². The first kappa shape index (κ1) is 18.5. The summed E-state index contributed by atoms with van der Waals surface area (Å²) in [5.41, 5.74) is 3.43. The number of likely N-dealkylation sites (N-methyl/N-ethyl adjacent to an activating group) is 1. The zero-order chi connectivity index (χ0) is 13.8. The van der Waals surface area contributed by atoms with Gasteiger partial charge in [-0.15, -0.1) is 6.42 Å². The lowest BCUT2D eigenvalue weighted by Gasteiger charge is -2.33. The lowest BCUT2D eigenvalue weighted by atomic mass is 9.72. The zero-order valence-electron chi connectivity index (χ0n) is 13.1. The average molecular weight is 326 g/mol. The van der Waals surface area contributed by atoms with E-state index in [0.29, 0.717) is 5.41 Å². The van der Waals surface area contributed by atoms with Gasteiger partial charge in [0, 0.05) is 0 Å². The van der Waals surface area contributed by atoms with Crippen LogP contribution < -0.4 is 17.0 Å². The highest BCUT2D eigenvalue weighted by molar-refractivity contribution is 5.32. The molecular formula is C17H28BrN. The van der Waals surface area contributed by atoms with Crippen LogP contribution in [0.1, 0.15) is 40.0 Å². The molecule has 0 aromatic heterocycles. The molecule has 19 heavy (non-hydrogen) atoms. The maximum absolute atomic E-state index is 5.40. The Bertz CT molecular complexity index is 394. The molecule has 0 spiro atoms. The molecule has 1 aliphatic rings. The zero-order valence-corrected chi connectivity index (χ0v) is 14.7. The normalized spacial score (nSPS) is 19.2. The first-order valence-electron chi connectivity index (χ1n) is 6.91. The molecule has 0 N–H and O–H groups in total. The van der Waals surface area contributed by atoms with E-state index in [4.69, 9.17) is 6.42 Å². The van der Waals surface area contributed by atoms with E-state index in [2.05, 4.69) is 52.9 Å². The van der Waals surface area contributed by atoms with Crippen LogP contribution in [0.15, 0.2) is 23.3 Å². The first-order valence-corrected chi connectivity index (χ1v) is 6.91. The molecule has 0 bridgehead atoms. The Morgan fingerprint density at radius 3 is 2.53 bits per heavy atom. The second-order valence-electron chi connectivity index (χ2n) is 6.81. The molecule has 0 unspecified atom stereocenters. The van der Waals surface area contributed by atoms with Gasteiger partial charge in [0.2, 0.25) is 0 Å². The Kier molecular flexibility index (Phi) is 7.11. The summed E-state index contributed by atoms with van der Waals surface area (Å²) in [4.78, 5) is 0. The van der Waals surface area contributed by atoms with Gasteiger partial charge < -0.3 is 21.5 Å². The number of nitrogens with zero attached hydrogens (tertiary/aromatic N) is 1. The fourth-order valence-corrected chi connectivity index (χ4v) is 2.78. The van der Waals surface area contributed by atoms with E-state index in [1.807, 2.05) is 0 Å². The molecule has 0 saturated carbocycles. The first-order chi connectivity index (χ1) is 8.28. The fraction of sp³-hybridized carbons (Fsp3) is 0.647. The van der Waals surface area contributed by atoms with Gasteiger partial charge in [-0.2, -0.15) is 0 Å². The van der Waals surface area contributed by atoms with Crippen molar-refractivity contribution in [2.24, 2.45) is 5.41 Å². The third-order valence-electron chi connectivity index (χ3n) is 3.95. The van der Waals surface area contributed by atoms with Gasteiger partial charge in [-0.25, -0.2) is 0 Å². The van der Waals surface area contributed by atoms with Crippen molar-refractivity contribution in [1.29, 1.82) is 0 Å². The molecule has 0 aromatic rings. The number of hydrogen-bond donors (Lipinski definition) is 0. The molecule has 0 amide bonds. The summed E-state index contributed by atoms with van der Waals surface area (Å²) >= 11 is 0. The van der Waals surface area contributed by atoms with Crippen LogP contribution in [0.25, 0.3) is 0 Å². The van der Waals surface area contributed by atoms with E-state index in [9.17, 15) is 0 Å². The molecule has 0 fully saturated rings. The molecule has 0 aromatic carbocycles. The van der Waals surface area contributed by atoms with E-state index < -0.39 is 0 Å². The molecule has 108 valence electrons. The number of terminal acetylenes is 1. The van der Waals surface area contributed by atoms with Crippen LogP contribution in [-0.2, 0) is 0 Å². The summed E-state index contributed by atoms with van der Waals surface area (Å²) in [6.45, 7) is 8.78. The van der Waals surface area contributed by atoms with Crippen LogP contribution >= 0.6 is 0 Å². The third-order valence-corrected chi connectivity index (χ3v) is 3.95. The number of rotatable bonds is 4. The highest BCUT2D eigenvalue weighted by Crippen LogP contribution is 2.40. The van der Waals surface area contributed by atoms with E-state index in [1.165, 1.54) is 24.8 Å². The SMILES string of the molecule is C#CC[N+](C)(C)C/C=C/C1=C(C)CCCC1(C)C.[Br-]. The maximum Gasteiger partial charge on any atom is 0.140 e. The summed E-state index contributed by atoms with van der Waals surface area (Å²) < 4.78 is 0.861. The van der Waals surface area contributed by atoms with E-state index >= 15 is 0 Å². The fourth-order valence-electron chi connectivity index (χ4n) is 2.78. The smallest absolute Gasteiger partial charge is 0.140 e. The van der Waals surface area contributed by atoms with Crippen molar-refractivity contribution in [3.63, 3.8) is 0 Å². The molecule has 0 saturated heterocycles. The molecule has 1 aliphatic carbocycles. The minimum Gasteiger partial charge on any atom is -1.00 e. The predicted octanol–water partition coefficient (Wildman–Crippen LogP) is 0.783. The van der Waals surface area contributed by atoms with Crippen LogP contribution in [-0.4, -0.2) is 31.7 Å². The molecular weight excluding hydrogens is 298 g/mol. The summed E-state index contributed by atoms with van der Waals surface area (Å²) in [6, 6.07) is 0. The second-order valence-corrected chi connectivity index (χ2v) is 6.81. The average Bonchev–Trinajstić information content (AvgIpc) is 2.21. The van der Waals surface area contributed by atoms with Gasteiger partial charge in [-0.3, -0.25) is 0 Å². The van der Waals surface area contributed by atoms with Crippen LogP contribution in [0.3, 0.4) is 0 Å². The minimum absolute atomic E-state index is 0. The molecule has 0 atom stereocenters. The van der Waals surface area contributed by atoms with Gasteiger partial charge in [0.1, 0.15) is 6.54 Å². The van der Waals surface area contributed by atoms with Crippen LogP contribution in [0, 0.1) is 17.8 Å². The number of allylic oxidation sites excluding steroid dienone is 3. The van der Waals surface area contributed by atoms with Crippen molar-refractivity contribution in [2.75, 3.05) is 27.2 Å². The van der Waals surface area contributed by atoms with Crippen molar-refractivity contribution < 1.29 is 21.5 Å². The monoisotopic (exact) mass is 325 g/mol. The van der Waals surface area contributed by atoms with Crippen molar-refractivity contribution in [3.05, 3.63) is 23.3 Å². The topological polar surface area (TPSA) is 0 Å². The van der Waals surface area contributed by atoms with Crippen molar-refractivity contribution in [3.8, 4) is 12.3 Å². The van der Waals surface area contributed by atoms with E-state index in [0.717, 1.165) is 17.6 Å². The highest BCUT2D eigenvalue weighted by Gasteiger charge is 2.26. The van der Waals surface area contributed by atoms with Gasteiger partial charge in [-0.05, 0) is 49.2 Å². The Balaban J connectivity index is 0.00000324. The molecule has 1 rings (SSSR count). The molecule has 0 heterocycles. The summed E-state index contributed by atoms with van der Waals surface area (Å²) in [6.07, 6.45) is 13.9. The van der Waals surface area contributed by atoms with Gasteiger partial charge in [0.05, 0.1) is 20.6 Å². The number of halogens is 1. The van der Waals surface area contributed by atoms with Crippen molar-refractivity contribution >= 4 is 0 Å². The van der Waals surface area contributed by atoms with Gasteiger partial charge in [0.15, 0.2) is 0 Å². The number of hydrogen-bond acceptors (Lipinski definition) is 0. The summed E-state index contributed by atoms with van der Waals surface area (Å²) in [5.74, 6) is 2.75. The summed E-state index contributed by atoms with van der Waals surface area (Å²) in [5, 5.41) is 0. The van der Waals surface area contributed by atoms with Crippen molar-refractivity contribution in [2.45, 2.75) is 40.0 Å². The molecule has 2 heteroatoms. The maximum atomic E-state index is 5.40. The quantitative estimate of drug-likeness (QED) is 0.529. The number of quaternary nitrogens is 1. The Morgan fingerprint density at radius 2 is 2.00 bits per heavy atom. The minimum atomic E-state index is 0. The standard InChI is InChI=1S/C17H28N.BrH/c1-7-13-18(5,6)14-9-11-16-15(2)10-8-12-17(16,3)4;/h1,9,11H,8,10,12-14H2,2-6H3;1H/q+1;/p-1/b11-9+;. The molecule has 1 nitrogen and oxygen atoms in total. The largest absolute Gasteiger partial charge is 1.00 e. The third kappa shape index (κ3) is 5.55. The molecule has 0 aliphatic heterocycles. The summed E-state index contributed by atoms with van der Waals surface area (Å²) in [7, 11) is 4.36. The van der Waals surface area contributed by atoms with Gasteiger partial charge >= 0.3 is 0 Å². The van der Waals surface area contributed by atoms with E-state index in [-0.39, 0.29) is 17.0 Å². The second kappa shape index (κ2) is 7.31.